The molecule has 0 radical (unpaired) electrons. The molecule has 146 valence electrons. The van der Waals surface area contributed by atoms with Gasteiger partial charge in [-0.25, -0.2) is 8.42 Å². The van der Waals surface area contributed by atoms with Gasteiger partial charge in [0.25, 0.3) is 5.56 Å². The summed E-state index contributed by atoms with van der Waals surface area (Å²) >= 11 is 0. The number of hydrogen-bond donors (Lipinski definition) is 1. The lowest BCUT2D eigenvalue weighted by Gasteiger charge is -2.17. The summed E-state index contributed by atoms with van der Waals surface area (Å²) in [5, 5.41) is 0.604. The van der Waals surface area contributed by atoms with Crippen LogP contribution in [0.15, 0.2) is 40.2 Å². The Morgan fingerprint density at radius 1 is 1.30 bits per heavy atom. The first-order valence-corrected chi connectivity index (χ1v) is 10.3. The summed E-state index contributed by atoms with van der Waals surface area (Å²) in [6, 6.07) is 5.99. The quantitative estimate of drug-likeness (QED) is 0.734. The third-order valence-electron chi connectivity index (χ3n) is 4.60. The second kappa shape index (κ2) is 7.79. The number of fused-ring (bicyclic) bond motifs is 1. The van der Waals surface area contributed by atoms with E-state index in [9.17, 15) is 18.0 Å². The van der Waals surface area contributed by atoms with Gasteiger partial charge in [0.05, 0.1) is 4.90 Å². The smallest absolute Gasteiger partial charge is 0.307 e. The van der Waals surface area contributed by atoms with E-state index < -0.39 is 15.6 Å². The van der Waals surface area contributed by atoms with Gasteiger partial charge in [-0.2, -0.15) is 4.31 Å². The summed E-state index contributed by atoms with van der Waals surface area (Å²) in [5.74, 6) is -0.383. The van der Waals surface area contributed by atoms with Crippen molar-refractivity contribution in [3.05, 3.63) is 40.8 Å². The topological polar surface area (TPSA) is 112 Å². The van der Waals surface area contributed by atoms with Crippen LogP contribution in [0.2, 0.25) is 0 Å². The number of nitrogens with zero attached hydrogens (tertiary/aromatic N) is 2. The Balaban J connectivity index is 1.97. The summed E-state index contributed by atoms with van der Waals surface area (Å²) in [4.78, 5) is 24.3. The number of esters is 1. The first-order valence-electron chi connectivity index (χ1n) is 8.88. The highest BCUT2D eigenvalue weighted by atomic mass is 32.2. The first kappa shape index (κ1) is 19.5. The molecule has 9 heteroatoms. The number of aromatic nitrogens is 1. The fourth-order valence-corrected chi connectivity index (χ4v) is 4.86. The maximum absolute atomic E-state index is 13.0. The molecule has 27 heavy (non-hydrogen) atoms. The predicted octanol–water partition coefficient (Wildman–Crippen LogP) is 1.02. The van der Waals surface area contributed by atoms with Gasteiger partial charge >= 0.3 is 5.97 Å². The number of sulfonamides is 1. The van der Waals surface area contributed by atoms with Gasteiger partial charge in [0.2, 0.25) is 10.0 Å². The fourth-order valence-electron chi connectivity index (χ4n) is 3.15. The van der Waals surface area contributed by atoms with Crippen LogP contribution < -0.4 is 11.3 Å². The highest BCUT2D eigenvalue weighted by molar-refractivity contribution is 7.89. The minimum atomic E-state index is -3.74. The van der Waals surface area contributed by atoms with Gasteiger partial charge in [-0.15, -0.1) is 0 Å². The van der Waals surface area contributed by atoms with Crippen LogP contribution in [0.3, 0.4) is 0 Å². The molecule has 0 amide bonds. The van der Waals surface area contributed by atoms with Crippen LogP contribution in [0.1, 0.15) is 26.2 Å². The second-order valence-electron chi connectivity index (χ2n) is 6.62. The summed E-state index contributed by atoms with van der Waals surface area (Å²) in [5.41, 5.74) is 5.42. The van der Waals surface area contributed by atoms with Crippen LogP contribution in [0.25, 0.3) is 10.8 Å². The summed E-state index contributed by atoms with van der Waals surface area (Å²) in [7, 11) is -3.74. The van der Waals surface area contributed by atoms with E-state index in [-0.39, 0.29) is 42.0 Å². The van der Waals surface area contributed by atoms with E-state index in [1.54, 1.807) is 18.2 Å². The molecule has 1 fully saturated rings. The largest absolute Gasteiger partial charge is 0.444 e. The van der Waals surface area contributed by atoms with E-state index in [1.165, 1.54) is 21.1 Å². The molecule has 1 saturated heterocycles. The highest BCUT2D eigenvalue weighted by Gasteiger charge is 2.32. The number of nitrogens with two attached hydrogens (primary N) is 1. The van der Waals surface area contributed by atoms with Crippen LogP contribution in [-0.2, 0) is 26.3 Å². The van der Waals surface area contributed by atoms with Gasteiger partial charge < -0.3 is 10.5 Å². The van der Waals surface area contributed by atoms with Crippen molar-refractivity contribution in [2.75, 3.05) is 13.1 Å². The molecule has 1 atom stereocenters. The van der Waals surface area contributed by atoms with Crippen molar-refractivity contribution >= 4 is 26.8 Å². The molecule has 2 heterocycles. The molecule has 1 aromatic carbocycles. The van der Waals surface area contributed by atoms with E-state index in [4.69, 9.17) is 10.5 Å². The fraction of sp³-hybridized carbons (Fsp3) is 0.444. The lowest BCUT2D eigenvalue weighted by atomic mass is 10.2. The van der Waals surface area contributed by atoms with Gasteiger partial charge in [-0.3, -0.25) is 14.2 Å². The average Bonchev–Trinajstić information content (AvgIpc) is 3.08. The minimum absolute atomic E-state index is 0.0846. The molecule has 2 aromatic rings. The van der Waals surface area contributed by atoms with Crippen molar-refractivity contribution in [2.45, 2.75) is 43.9 Å². The number of benzene rings is 1. The maximum Gasteiger partial charge on any atom is 0.307 e. The van der Waals surface area contributed by atoms with Gasteiger partial charge in [-0.1, -0.05) is 13.0 Å². The zero-order chi connectivity index (χ0) is 19.6. The number of ether oxygens (including phenoxy) is 1. The van der Waals surface area contributed by atoms with E-state index in [0.29, 0.717) is 24.8 Å². The lowest BCUT2D eigenvalue weighted by Crippen LogP contribution is -2.32. The SMILES string of the molecule is CCCC(=O)OCn1ccc2c(S(=O)(=O)N3CC[C@@H](N)C3)cccc2c1=O. The molecular formula is C18H23N3O5S. The van der Waals surface area contributed by atoms with Crippen LogP contribution in [0, 0.1) is 0 Å². The number of hydrogen-bond acceptors (Lipinski definition) is 6. The van der Waals surface area contributed by atoms with E-state index >= 15 is 0 Å². The van der Waals surface area contributed by atoms with Crippen molar-refractivity contribution in [1.82, 2.24) is 8.87 Å². The van der Waals surface area contributed by atoms with Crippen molar-refractivity contribution < 1.29 is 17.9 Å². The monoisotopic (exact) mass is 393 g/mol. The van der Waals surface area contributed by atoms with Crippen molar-refractivity contribution in [3.8, 4) is 0 Å². The number of rotatable bonds is 6. The zero-order valence-electron chi connectivity index (χ0n) is 15.1. The summed E-state index contributed by atoms with van der Waals surface area (Å²) in [6.07, 6.45) is 2.99. The predicted molar refractivity (Wildman–Crippen MR) is 101 cm³/mol. The molecule has 8 nitrogen and oxygen atoms in total. The second-order valence-corrected chi connectivity index (χ2v) is 8.52. The van der Waals surface area contributed by atoms with Crippen molar-refractivity contribution in [1.29, 1.82) is 0 Å². The third kappa shape index (κ3) is 3.90. The van der Waals surface area contributed by atoms with Crippen LogP contribution in [0.4, 0.5) is 0 Å². The molecule has 0 spiro atoms. The maximum atomic E-state index is 13.0. The standard InChI is InChI=1S/C18H23N3O5S/c1-2-4-17(22)26-12-20-9-8-14-15(18(20)23)5-3-6-16(14)27(24,25)21-10-7-13(19)11-21/h3,5-6,8-9,13H,2,4,7,10-12,19H2,1H3/t13-/m1/s1. The molecule has 2 N–H and O–H groups in total. The summed E-state index contributed by atoms with van der Waals surface area (Å²) in [6.45, 7) is 2.29. The average molecular weight is 393 g/mol. The first-order chi connectivity index (χ1) is 12.8. The highest BCUT2D eigenvalue weighted by Crippen LogP contribution is 2.26. The Kier molecular flexibility index (Phi) is 5.64. The number of pyridine rings is 1. The minimum Gasteiger partial charge on any atom is -0.444 e. The molecule has 1 aromatic heterocycles. The van der Waals surface area contributed by atoms with Gasteiger partial charge in [0, 0.05) is 42.5 Å². The van der Waals surface area contributed by atoms with Crippen LogP contribution in [-0.4, -0.2) is 42.4 Å². The van der Waals surface area contributed by atoms with E-state index in [1.807, 2.05) is 6.92 Å². The van der Waals surface area contributed by atoms with Crippen molar-refractivity contribution in [3.63, 3.8) is 0 Å². The molecule has 3 rings (SSSR count). The lowest BCUT2D eigenvalue weighted by molar-refractivity contribution is -0.147. The van der Waals surface area contributed by atoms with Gasteiger partial charge in [0.1, 0.15) is 0 Å². The Hall–Kier alpha value is -2.23. The molecule has 0 bridgehead atoms. The number of carbonyl (C=O) groups excluding carboxylic acids is 1. The van der Waals surface area contributed by atoms with Crippen LogP contribution in [0.5, 0.6) is 0 Å². The number of carbonyl (C=O) groups is 1. The Morgan fingerprint density at radius 3 is 2.74 bits per heavy atom. The zero-order valence-corrected chi connectivity index (χ0v) is 15.9. The van der Waals surface area contributed by atoms with E-state index in [0.717, 1.165) is 0 Å². The Labute approximate surface area is 157 Å². The van der Waals surface area contributed by atoms with Gasteiger partial charge in [0.15, 0.2) is 6.73 Å². The van der Waals surface area contributed by atoms with E-state index in [2.05, 4.69) is 0 Å². The Morgan fingerprint density at radius 2 is 2.07 bits per heavy atom. The summed E-state index contributed by atoms with van der Waals surface area (Å²) < 4.78 is 33.6. The molecule has 0 aliphatic carbocycles. The molecule has 1 aliphatic rings. The van der Waals surface area contributed by atoms with Crippen LogP contribution >= 0.6 is 0 Å². The molecule has 0 saturated carbocycles. The molecule has 0 unspecified atom stereocenters. The van der Waals surface area contributed by atoms with Crippen molar-refractivity contribution in [2.24, 2.45) is 5.73 Å². The third-order valence-corrected chi connectivity index (χ3v) is 6.53. The molecule has 1 aliphatic heterocycles. The Bertz CT molecular complexity index is 1020. The molecular weight excluding hydrogens is 370 g/mol. The van der Waals surface area contributed by atoms with Gasteiger partial charge in [-0.05, 0) is 31.0 Å². The normalized spacial score (nSPS) is 18.1.